The maximum Gasteiger partial charge on any atom is 0.325 e. The molecular weight excluding hydrogens is 343 g/mol. The summed E-state index contributed by atoms with van der Waals surface area (Å²) in [5.41, 5.74) is 0. The monoisotopic (exact) mass is 364 g/mol. The van der Waals surface area contributed by atoms with Gasteiger partial charge in [-0.05, 0) is 24.3 Å². The van der Waals surface area contributed by atoms with E-state index in [1.165, 1.54) is 17.0 Å². The summed E-state index contributed by atoms with van der Waals surface area (Å²) in [6.45, 7) is 3.61. The van der Waals surface area contributed by atoms with Crippen LogP contribution < -0.4 is 10.1 Å². The molecule has 9 heteroatoms. The fourth-order valence-corrected chi connectivity index (χ4v) is 2.92. The zero-order valence-corrected chi connectivity index (χ0v) is 14.3. The Balaban J connectivity index is 1.36. The summed E-state index contributed by atoms with van der Waals surface area (Å²) in [7, 11) is 0. The number of halogens is 1. The molecule has 2 heterocycles. The Hall–Kier alpha value is -2.68. The van der Waals surface area contributed by atoms with E-state index in [1.54, 1.807) is 17.0 Å². The smallest absolute Gasteiger partial charge is 0.325 e. The van der Waals surface area contributed by atoms with Gasteiger partial charge in [-0.25, -0.2) is 9.18 Å². The molecule has 0 saturated carbocycles. The van der Waals surface area contributed by atoms with Crippen molar-refractivity contribution in [2.24, 2.45) is 0 Å². The zero-order chi connectivity index (χ0) is 18.5. The van der Waals surface area contributed by atoms with Crippen molar-refractivity contribution in [2.75, 3.05) is 52.4 Å². The molecule has 0 spiro atoms. The SMILES string of the molecule is O=C1CN(CC(=O)N2CCN(CCOc3ccc(F)cc3)CC2)C(=O)N1. The Morgan fingerprint density at radius 2 is 1.81 bits per heavy atom. The first-order valence-electron chi connectivity index (χ1n) is 8.48. The normalized spacial score (nSPS) is 18.2. The third-order valence-electron chi connectivity index (χ3n) is 4.41. The summed E-state index contributed by atoms with van der Waals surface area (Å²) >= 11 is 0. The molecule has 3 rings (SSSR count). The van der Waals surface area contributed by atoms with Gasteiger partial charge in [0, 0.05) is 32.7 Å². The molecule has 8 nitrogen and oxygen atoms in total. The summed E-state index contributed by atoms with van der Waals surface area (Å²) < 4.78 is 18.4. The van der Waals surface area contributed by atoms with E-state index in [4.69, 9.17) is 4.74 Å². The number of nitrogens with one attached hydrogen (secondary N) is 1. The van der Waals surface area contributed by atoms with Gasteiger partial charge in [-0.2, -0.15) is 0 Å². The van der Waals surface area contributed by atoms with E-state index >= 15 is 0 Å². The van der Waals surface area contributed by atoms with Crippen molar-refractivity contribution >= 4 is 17.8 Å². The molecule has 4 amide bonds. The van der Waals surface area contributed by atoms with Crippen molar-refractivity contribution in [3.63, 3.8) is 0 Å². The molecule has 2 saturated heterocycles. The van der Waals surface area contributed by atoms with Crippen LogP contribution >= 0.6 is 0 Å². The minimum Gasteiger partial charge on any atom is -0.492 e. The lowest BCUT2D eigenvalue weighted by Crippen LogP contribution is -2.52. The van der Waals surface area contributed by atoms with Crippen molar-refractivity contribution in [1.29, 1.82) is 0 Å². The molecule has 0 atom stereocenters. The maximum absolute atomic E-state index is 12.8. The first-order chi connectivity index (χ1) is 12.5. The lowest BCUT2D eigenvalue weighted by Gasteiger charge is -2.35. The Bertz CT molecular complexity index is 674. The standard InChI is InChI=1S/C17H21FN4O4/c18-13-1-3-14(4-2-13)26-10-9-20-5-7-21(8-6-20)16(24)12-22-11-15(23)19-17(22)25/h1-4H,5-12H2,(H,19,23,25). The zero-order valence-electron chi connectivity index (χ0n) is 14.3. The van der Waals surface area contributed by atoms with Crippen molar-refractivity contribution in [2.45, 2.75) is 0 Å². The number of piperazine rings is 1. The van der Waals surface area contributed by atoms with Crippen LogP contribution in [0.15, 0.2) is 24.3 Å². The Kier molecular flexibility index (Phi) is 5.67. The van der Waals surface area contributed by atoms with E-state index in [2.05, 4.69) is 10.2 Å². The lowest BCUT2D eigenvalue weighted by molar-refractivity contribution is -0.133. The van der Waals surface area contributed by atoms with E-state index in [0.717, 1.165) is 0 Å². The van der Waals surface area contributed by atoms with Crippen LogP contribution in [0, 0.1) is 5.82 Å². The van der Waals surface area contributed by atoms with E-state index in [1.807, 2.05) is 0 Å². The fourth-order valence-electron chi connectivity index (χ4n) is 2.92. The summed E-state index contributed by atoms with van der Waals surface area (Å²) in [6, 6.07) is 5.37. The molecule has 1 aromatic carbocycles. The van der Waals surface area contributed by atoms with Crippen LogP contribution in [0.5, 0.6) is 5.75 Å². The molecule has 1 N–H and O–H groups in total. The topological polar surface area (TPSA) is 82.2 Å². The Morgan fingerprint density at radius 1 is 1.12 bits per heavy atom. The van der Waals surface area contributed by atoms with Crippen molar-refractivity contribution in [3.05, 3.63) is 30.1 Å². The summed E-state index contributed by atoms with van der Waals surface area (Å²) in [5.74, 6) is -0.210. The fraction of sp³-hybridized carbons (Fsp3) is 0.471. The number of rotatable bonds is 6. The number of benzene rings is 1. The van der Waals surface area contributed by atoms with Crippen LogP contribution in [0.25, 0.3) is 0 Å². The number of imide groups is 1. The predicted molar refractivity (Wildman–Crippen MR) is 90.0 cm³/mol. The molecule has 2 aliphatic heterocycles. The molecule has 0 aromatic heterocycles. The second-order valence-electron chi connectivity index (χ2n) is 6.23. The lowest BCUT2D eigenvalue weighted by atomic mass is 10.3. The number of nitrogens with zero attached hydrogens (tertiary/aromatic N) is 3. The largest absolute Gasteiger partial charge is 0.492 e. The van der Waals surface area contributed by atoms with Gasteiger partial charge in [-0.1, -0.05) is 0 Å². The van der Waals surface area contributed by atoms with Crippen molar-refractivity contribution in [1.82, 2.24) is 20.0 Å². The number of urea groups is 1. The third kappa shape index (κ3) is 4.69. The highest BCUT2D eigenvalue weighted by atomic mass is 19.1. The number of carbonyl (C=O) groups is 3. The van der Waals surface area contributed by atoms with Crippen LogP contribution in [0.2, 0.25) is 0 Å². The van der Waals surface area contributed by atoms with Gasteiger partial charge in [0.05, 0.1) is 0 Å². The Morgan fingerprint density at radius 3 is 2.42 bits per heavy atom. The second kappa shape index (κ2) is 8.13. The molecular formula is C17H21FN4O4. The summed E-state index contributed by atoms with van der Waals surface area (Å²) in [4.78, 5) is 40.0. The molecule has 26 heavy (non-hydrogen) atoms. The van der Waals surface area contributed by atoms with Gasteiger partial charge >= 0.3 is 6.03 Å². The Labute approximate surface area is 150 Å². The van der Waals surface area contributed by atoms with Crippen LogP contribution in [0.1, 0.15) is 0 Å². The van der Waals surface area contributed by atoms with E-state index < -0.39 is 6.03 Å². The number of ether oxygens (including phenoxy) is 1. The molecule has 1 aromatic rings. The van der Waals surface area contributed by atoms with Gasteiger partial charge in [0.1, 0.15) is 31.3 Å². The van der Waals surface area contributed by atoms with Gasteiger partial charge in [0.25, 0.3) is 0 Å². The van der Waals surface area contributed by atoms with Gasteiger partial charge < -0.3 is 14.5 Å². The highest BCUT2D eigenvalue weighted by molar-refractivity contribution is 6.03. The minimum absolute atomic E-state index is 0.0642. The first-order valence-corrected chi connectivity index (χ1v) is 8.48. The number of carbonyl (C=O) groups excluding carboxylic acids is 3. The van der Waals surface area contributed by atoms with Gasteiger partial charge in [0.15, 0.2) is 0 Å². The van der Waals surface area contributed by atoms with Crippen molar-refractivity contribution in [3.8, 4) is 5.75 Å². The highest BCUT2D eigenvalue weighted by Crippen LogP contribution is 2.11. The molecule has 0 radical (unpaired) electrons. The van der Waals surface area contributed by atoms with Crippen LogP contribution in [-0.2, 0) is 9.59 Å². The molecule has 0 bridgehead atoms. The quantitative estimate of drug-likeness (QED) is 0.713. The number of amides is 4. The predicted octanol–water partition coefficient (Wildman–Crippen LogP) is -0.0995. The average Bonchev–Trinajstić information content (AvgIpc) is 2.94. The van der Waals surface area contributed by atoms with Gasteiger partial charge in [-0.15, -0.1) is 0 Å². The molecule has 0 unspecified atom stereocenters. The van der Waals surface area contributed by atoms with Crippen LogP contribution in [0.3, 0.4) is 0 Å². The number of hydrogen-bond acceptors (Lipinski definition) is 5. The van der Waals surface area contributed by atoms with Crippen molar-refractivity contribution < 1.29 is 23.5 Å². The molecule has 140 valence electrons. The van der Waals surface area contributed by atoms with Gasteiger partial charge in [-0.3, -0.25) is 19.8 Å². The van der Waals surface area contributed by atoms with Gasteiger partial charge in [0.2, 0.25) is 11.8 Å². The van der Waals surface area contributed by atoms with E-state index in [-0.39, 0.29) is 30.7 Å². The average molecular weight is 364 g/mol. The molecule has 0 aliphatic carbocycles. The van der Waals surface area contributed by atoms with Crippen LogP contribution in [-0.4, -0.2) is 85.0 Å². The molecule has 2 fully saturated rings. The van der Waals surface area contributed by atoms with E-state index in [0.29, 0.717) is 45.1 Å². The maximum atomic E-state index is 12.8. The highest BCUT2D eigenvalue weighted by Gasteiger charge is 2.30. The minimum atomic E-state index is -0.514. The number of hydrogen-bond donors (Lipinski definition) is 1. The summed E-state index contributed by atoms with van der Waals surface area (Å²) in [6.07, 6.45) is 0. The first kappa shape index (κ1) is 18.1. The summed E-state index contributed by atoms with van der Waals surface area (Å²) in [5, 5.41) is 2.16. The van der Waals surface area contributed by atoms with Crippen LogP contribution in [0.4, 0.5) is 9.18 Å². The van der Waals surface area contributed by atoms with E-state index in [9.17, 15) is 18.8 Å². The second-order valence-corrected chi connectivity index (χ2v) is 6.23. The molecule has 2 aliphatic rings. The third-order valence-corrected chi connectivity index (χ3v) is 4.41.